The summed E-state index contributed by atoms with van der Waals surface area (Å²) >= 11 is 0. The number of hydrogen-bond donors (Lipinski definition) is 4. The molecule has 30 heavy (non-hydrogen) atoms. The average molecular weight is 402 g/mol. The second-order valence-electron chi connectivity index (χ2n) is 7.51. The van der Waals surface area contributed by atoms with Gasteiger partial charge in [-0.2, -0.15) is 0 Å². The third kappa shape index (κ3) is 2.75. The Bertz CT molecular complexity index is 982. The Morgan fingerprint density at radius 1 is 0.667 bits per heavy atom. The van der Waals surface area contributed by atoms with Crippen LogP contribution in [0.1, 0.15) is 11.1 Å². The third-order valence-corrected chi connectivity index (χ3v) is 5.93. The quantitative estimate of drug-likeness (QED) is 0.630. The highest BCUT2D eigenvalue weighted by atomic mass is 16.3. The van der Waals surface area contributed by atoms with Crippen molar-refractivity contribution in [3.05, 3.63) is 120 Å². The molecule has 0 radical (unpaired) electrons. The van der Waals surface area contributed by atoms with Gasteiger partial charge >= 0.3 is 0 Å². The van der Waals surface area contributed by atoms with E-state index in [1.54, 1.807) is 60.7 Å². The Kier molecular flexibility index (Phi) is 4.94. The first-order valence-corrected chi connectivity index (χ1v) is 9.63. The lowest BCUT2D eigenvalue weighted by molar-refractivity contribution is -0.134. The van der Waals surface area contributed by atoms with Crippen LogP contribution in [0.3, 0.4) is 0 Å². The monoisotopic (exact) mass is 402 g/mol. The van der Waals surface area contributed by atoms with E-state index >= 15 is 0 Å². The number of carbonyl (C=O) groups excluding carboxylic acids is 1. The molecule has 0 saturated carbocycles. The van der Waals surface area contributed by atoms with Crippen molar-refractivity contribution >= 4 is 5.78 Å². The molecular weight excluding hydrogens is 380 g/mol. The van der Waals surface area contributed by atoms with Crippen LogP contribution >= 0.6 is 0 Å². The number of hydrogen-bond acceptors (Lipinski definition) is 5. The highest BCUT2D eigenvalue weighted by Gasteiger charge is 2.59. The van der Waals surface area contributed by atoms with Crippen molar-refractivity contribution in [2.75, 3.05) is 0 Å². The molecule has 0 spiro atoms. The summed E-state index contributed by atoms with van der Waals surface area (Å²) in [7, 11) is 0. The van der Waals surface area contributed by atoms with Crippen LogP contribution in [0.5, 0.6) is 0 Å². The predicted octanol–water partition coefficient (Wildman–Crippen LogP) is 3.18. The van der Waals surface area contributed by atoms with Gasteiger partial charge in [0.05, 0.1) is 0 Å². The maximum atomic E-state index is 14.4. The van der Waals surface area contributed by atoms with Gasteiger partial charge in [-0.15, -0.1) is 0 Å². The van der Waals surface area contributed by atoms with Crippen molar-refractivity contribution in [2.24, 2.45) is 0 Å². The normalized spacial score (nSPS) is 30.5. The van der Waals surface area contributed by atoms with Gasteiger partial charge in [0.1, 0.15) is 34.6 Å². The number of rotatable bonds is 4. The van der Waals surface area contributed by atoms with Gasteiger partial charge in [0.25, 0.3) is 0 Å². The molecule has 5 heteroatoms. The lowest BCUT2D eigenvalue weighted by atomic mass is 9.57. The molecule has 152 valence electrons. The van der Waals surface area contributed by atoms with E-state index in [0.29, 0.717) is 11.1 Å². The van der Waals surface area contributed by atoms with Gasteiger partial charge < -0.3 is 20.4 Å². The number of Topliss-reactive ketones (excluding diaryl/α,β-unsaturated/α-hetero) is 1. The maximum absolute atomic E-state index is 14.4. The van der Waals surface area contributed by atoms with Crippen molar-refractivity contribution in [3.8, 4) is 0 Å². The zero-order chi connectivity index (χ0) is 21.4. The van der Waals surface area contributed by atoms with Gasteiger partial charge in [-0.05, 0) is 23.3 Å². The molecule has 0 heterocycles. The lowest BCUT2D eigenvalue weighted by Crippen LogP contribution is -2.59. The number of aliphatic hydroxyl groups excluding tert-OH is 4. The number of carbonyl (C=O) groups is 1. The fourth-order valence-electron chi connectivity index (χ4n) is 4.37. The van der Waals surface area contributed by atoms with Gasteiger partial charge in [0.15, 0.2) is 5.78 Å². The van der Waals surface area contributed by atoms with Crippen LogP contribution in [0.15, 0.2) is 109 Å². The smallest absolute Gasteiger partial charge is 0.167 e. The first-order valence-electron chi connectivity index (χ1n) is 9.63. The van der Waals surface area contributed by atoms with Crippen LogP contribution in [0.2, 0.25) is 0 Å². The van der Waals surface area contributed by atoms with Crippen LogP contribution in [0, 0.1) is 0 Å². The number of allylic oxidation sites excluding steroid dienone is 4. The van der Waals surface area contributed by atoms with E-state index in [2.05, 4.69) is 0 Å². The molecule has 2 aromatic rings. The number of ketones is 1. The molecule has 5 nitrogen and oxygen atoms in total. The lowest BCUT2D eigenvalue weighted by Gasteiger charge is -2.45. The summed E-state index contributed by atoms with van der Waals surface area (Å²) in [6.45, 7) is 0. The van der Waals surface area contributed by atoms with E-state index in [4.69, 9.17) is 0 Å². The van der Waals surface area contributed by atoms with Crippen LogP contribution in [0.25, 0.3) is 0 Å². The van der Waals surface area contributed by atoms with Crippen molar-refractivity contribution in [2.45, 2.75) is 23.0 Å². The molecule has 4 unspecified atom stereocenters. The predicted molar refractivity (Wildman–Crippen MR) is 113 cm³/mol. The molecule has 2 aliphatic carbocycles. The number of benzene rings is 2. The van der Waals surface area contributed by atoms with Crippen molar-refractivity contribution in [1.82, 2.24) is 0 Å². The van der Waals surface area contributed by atoms with E-state index in [1.165, 1.54) is 36.5 Å². The first kappa shape index (κ1) is 19.9. The fourth-order valence-corrected chi connectivity index (χ4v) is 4.37. The zero-order valence-corrected chi connectivity index (χ0v) is 16.1. The Morgan fingerprint density at radius 3 is 1.40 bits per heavy atom. The minimum atomic E-state index is -1.68. The van der Waals surface area contributed by atoms with Crippen molar-refractivity contribution in [3.63, 3.8) is 0 Å². The summed E-state index contributed by atoms with van der Waals surface area (Å²) in [5.74, 6) is -1.28. The van der Waals surface area contributed by atoms with Gasteiger partial charge in [-0.3, -0.25) is 4.79 Å². The van der Waals surface area contributed by atoms with E-state index in [-0.39, 0.29) is 11.5 Å². The Balaban J connectivity index is 2.01. The largest absolute Gasteiger partial charge is 0.509 e. The second-order valence-corrected chi connectivity index (χ2v) is 7.51. The molecule has 0 fully saturated rings. The molecule has 0 aliphatic heterocycles. The van der Waals surface area contributed by atoms with Gasteiger partial charge in [0, 0.05) is 0 Å². The molecule has 0 bridgehead atoms. The molecule has 0 amide bonds. The minimum absolute atomic E-state index is 0.355. The van der Waals surface area contributed by atoms with Crippen LogP contribution < -0.4 is 0 Å². The summed E-state index contributed by atoms with van der Waals surface area (Å²) < 4.78 is 0. The molecule has 4 N–H and O–H groups in total. The summed E-state index contributed by atoms with van der Waals surface area (Å²) in [5, 5.41) is 42.9. The van der Waals surface area contributed by atoms with Gasteiger partial charge in [-0.25, -0.2) is 0 Å². The molecule has 0 aromatic heterocycles. The van der Waals surface area contributed by atoms with E-state index < -0.39 is 28.8 Å². The Labute approximate surface area is 174 Å². The molecule has 0 saturated heterocycles. The topological polar surface area (TPSA) is 98.0 Å². The summed E-state index contributed by atoms with van der Waals surface area (Å²) in [4.78, 5) is 14.4. The van der Waals surface area contributed by atoms with Crippen LogP contribution in [-0.2, 0) is 15.6 Å². The Hall–Kier alpha value is -3.41. The minimum Gasteiger partial charge on any atom is -0.509 e. The van der Waals surface area contributed by atoms with Crippen molar-refractivity contribution in [1.29, 1.82) is 0 Å². The molecule has 4 atom stereocenters. The average Bonchev–Trinajstić information content (AvgIpc) is 2.78. The van der Waals surface area contributed by atoms with E-state index in [0.717, 1.165) is 0 Å². The van der Waals surface area contributed by atoms with Crippen molar-refractivity contribution < 1.29 is 25.2 Å². The zero-order valence-electron chi connectivity index (χ0n) is 16.1. The fraction of sp³-hybridized carbons (Fsp3) is 0.160. The molecular formula is C25H22O5. The summed E-state index contributed by atoms with van der Waals surface area (Å²) in [6, 6.07) is 17.3. The standard InChI is InChI=1S/C25H22O5/c26-19-13-7-15-24(21(19)28,17-9-3-1-4-10-17)23(30)25(18-11-5-2-6-12-18)16-8-14-20(27)22(25)29/h1-16,21-22,26-29H. The molecule has 2 aliphatic rings. The van der Waals surface area contributed by atoms with Gasteiger partial charge in [-0.1, -0.05) is 85.0 Å². The number of aliphatic hydroxyl groups is 4. The third-order valence-electron chi connectivity index (χ3n) is 5.93. The SMILES string of the molecule is O=C(C1(c2ccccc2)C=CC=C(O)C1O)C1(c2ccccc2)C=CC=C(O)C1O. The molecule has 2 aromatic carbocycles. The van der Waals surface area contributed by atoms with Gasteiger partial charge in [0.2, 0.25) is 0 Å². The summed E-state index contributed by atoms with van der Waals surface area (Å²) in [6.07, 6.45) is 5.64. The first-order chi connectivity index (χ1) is 14.4. The van der Waals surface area contributed by atoms with Crippen LogP contribution in [0.4, 0.5) is 0 Å². The summed E-state index contributed by atoms with van der Waals surface area (Å²) in [5.41, 5.74) is -2.44. The Morgan fingerprint density at radius 2 is 1.03 bits per heavy atom. The highest BCUT2D eigenvalue weighted by molar-refractivity contribution is 6.04. The molecule has 4 rings (SSSR count). The van der Waals surface area contributed by atoms with E-state index in [1.807, 2.05) is 0 Å². The van der Waals surface area contributed by atoms with Crippen LogP contribution in [-0.4, -0.2) is 38.4 Å². The van der Waals surface area contributed by atoms with E-state index in [9.17, 15) is 25.2 Å². The highest BCUT2D eigenvalue weighted by Crippen LogP contribution is 2.46. The second kappa shape index (κ2) is 7.44. The maximum Gasteiger partial charge on any atom is 0.167 e.